The summed E-state index contributed by atoms with van der Waals surface area (Å²) in [6.07, 6.45) is 1.76. The molecule has 1 aromatic heterocycles. The van der Waals surface area contributed by atoms with Crippen molar-refractivity contribution in [1.29, 1.82) is 0 Å². The maximum absolute atomic E-state index is 13.5. The summed E-state index contributed by atoms with van der Waals surface area (Å²) in [7, 11) is 1.31. The summed E-state index contributed by atoms with van der Waals surface area (Å²) in [5, 5.41) is 0.601. The van der Waals surface area contributed by atoms with Crippen LogP contribution in [0.4, 0.5) is 0 Å². The van der Waals surface area contributed by atoms with Gasteiger partial charge in [0.1, 0.15) is 0 Å². The summed E-state index contributed by atoms with van der Waals surface area (Å²) in [6.45, 7) is 3.62. The van der Waals surface area contributed by atoms with E-state index in [1.165, 1.54) is 23.0 Å². The van der Waals surface area contributed by atoms with E-state index in [-0.39, 0.29) is 17.7 Å². The van der Waals surface area contributed by atoms with Crippen molar-refractivity contribution < 1.29 is 19.1 Å². The fourth-order valence-corrected chi connectivity index (χ4v) is 4.91. The van der Waals surface area contributed by atoms with Crippen LogP contribution in [-0.4, -0.2) is 30.2 Å². The molecule has 2 aromatic carbocycles. The van der Waals surface area contributed by atoms with Gasteiger partial charge in [0.2, 0.25) is 0 Å². The number of nitrogens with zero attached hydrogens (tertiary/aromatic N) is 2. The zero-order chi connectivity index (χ0) is 24.4. The highest BCUT2D eigenvalue weighted by Gasteiger charge is 2.33. The topological polar surface area (TPSA) is 87.0 Å². The summed E-state index contributed by atoms with van der Waals surface area (Å²) in [5.41, 5.74) is 2.28. The predicted molar refractivity (Wildman–Crippen MR) is 130 cm³/mol. The Bertz CT molecular complexity index is 1470. The summed E-state index contributed by atoms with van der Waals surface area (Å²) < 4.78 is 12.0. The number of ether oxygens (including phenoxy) is 2. The molecule has 1 aliphatic heterocycles. The molecule has 1 aliphatic rings. The van der Waals surface area contributed by atoms with E-state index in [0.29, 0.717) is 31.2 Å². The highest BCUT2D eigenvalue weighted by molar-refractivity contribution is 7.07. The minimum absolute atomic E-state index is 0.185. The summed E-state index contributed by atoms with van der Waals surface area (Å²) in [4.78, 5) is 43.3. The number of methoxy groups -OCH3 is 1. The number of allylic oxidation sites excluding steroid dienone is 1. The Morgan fingerprint density at radius 1 is 1.12 bits per heavy atom. The number of rotatable bonds is 5. The van der Waals surface area contributed by atoms with Gasteiger partial charge in [-0.15, -0.1) is 0 Å². The Hall–Kier alpha value is -3.49. The molecule has 0 N–H and O–H groups in total. The van der Waals surface area contributed by atoms with Crippen LogP contribution in [-0.2, 0) is 14.3 Å². The number of esters is 2. The normalized spacial score (nSPS) is 15.5. The van der Waals surface area contributed by atoms with Crippen LogP contribution in [0.1, 0.15) is 41.4 Å². The van der Waals surface area contributed by atoms with Crippen LogP contribution < -0.4 is 14.9 Å². The first kappa shape index (κ1) is 23.7. The molecule has 1 atom stereocenters. The number of aromatic nitrogens is 1. The second-order valence-electron chi connectivity index (χ2n) is 7.47. The Morgan fingerprint density at radius 3 is 2.41 bits per heavy atom. The van der Waals surface area contributed by atoms with Crippen LogP contribution in [0, 0.1) is 0 Å². The fourth-order valence-electron chi connectivity index (χ4n) is 3.74. The average Bonchev–Trinajstić information content (AvgIpc) is 3.13. The van der Waals surface area contributed by atoms with Crippen molar-refractivity contribution in [3.63, 3.8) is 0 Å². The van der Waals surface area contributed by atoms with E-state index < -0.39 is 18.0 Å². The van der Waals surface area contributed by atoms with Crippen LogP contribution in [0.3, 0.4) is 0 Å². The zero-order valence-corrected chi connectivity index (χ0v) is 20.3. The van der Waals surface area contributed by atoms with E-state index in [0.717, 1.165) is 5.56 Å². The highest BCUT2D eigenvalue weighted by Crippen LogP contribution is 2.31. The maximum atomic E-state index is 13.5. The van der Waals surface area contributed by atoms with Gasteiger partial charge in [-0.2, -0.15) is 0 Å². The Balaban J connectivity index is 1.91. The predicted octanol–water partition coefficient (Wildman–Crippen LogP) is 3.24. The lowest BCUT2D eigenvalue weighted by Crippen LogP contribution is -2.39. The van der Waals surface area contributed by atoms with Gasteiger partial charge in [-0.05, 0) is 55.3 Å². The first-order chi connectivity index (χ1) is 16.3. The quantitative estimate of drug-likeness (QED) is 0.506. The van der Waals surface area contributed by atoms with E-state index in [1.807, 2.05) is 12.1 Å². The molecular weight excluding hydrogens is 476 g/mol. The lowest BCUT2D eigenvalue weighted by Gasteiger charge is -2.24. The monoisotopic (exact) mass is 496 g/mol. The van der Waals surface area contributed by atoms with Gasteiger partial charge in [0.05, 0.1) is 41.1 Å². The number of thiazole rings is 1. The Kier molecular flexibility index (Phi) is 6.81. The average molecular weight is 497 g/mol. The van der Waals surface area contributed by atoms with Gasteiger partial charge in [-0.25, -0.2) is 14.6 Å². The molecule has 7 nitrogen and oxygen atoms in total. The summed E-state index contributed by atoms with van der Waals surface area (Å²) in [5.74, 6) is -1.02. The first-order valence-corrected chi connectivity index (χ1v) is 11.7. The van der Waals surface area contributed by atoms with Gasteiger partial charge in [-0.1, -0.05) is 47.2 Å². The minimum atomic E-state index is -0.755. The van der Waals surface area contributed by atoms with Crippen molar-refractivity contribution >= 4 is 41.0 Å². The molecule has 4 rings (SSSR count). The molecule has 0 spiro atoms. The number of carbonyl (C=O) groups is 2. The van der Waals surface area contributed by atoms with Crippen LogP contribution in [0.15, 0.2) is 69.6 Å². The van der Waals surface area contributed by atoms with Gasteiger partial charge in [0, 0.05) is 5.02 Å². The van der Waals surface area contributed by atoms with Crippen LogP contribution in [0.25, 0.3) is 6.08 Å². The number of carbonyl (C=O) groups excluding carboxylic acids is 2. The van der Waals surface area contributed by atoms with Gasteiger partial charge in [0.15, 0.2) is 4.80 Å². The molecule has 9 heteroatoms. The second-order valence-corrected chi connectivity index (χ2v) is 8.91. The highest BCUT2D eigenvalue weighted by atomic mass is 35.5. The van der Waals surface area contributed by atoms with Crippen LogP contribution >= 0.6 is 22.9 Å². The number of hydrogen-bond donors (Lipinski definition) is 0. The third-order valence-electron chi connectivity index (χ3n) is 5.33. The Morgan fingerprint density at radius 2 is 1.79 bits per heavy atom. The van der Waals surface area contributed by atoms with Gasteiger partial charge in [-0.3, -0.25) is 9.36 Å². The molecule has 0 aliphatic carbocycles. The van der Waals surface area contributed by atoms with Crippen LogP contribution in [0.5, 0.6) is 0 Å². The lowest BCUT2D eigenvalue weighted by atomic mass is 9.95. The minimum Gasteiger partial charge on any atom is -0.465 e. The molecule has 0 bridgehead atoms. The number of fused-ring (bicyclic) bond motifs is 1. The van der Waals surface area contributed by atoms with Gasteiger partial charge < -0.3 is 9.47 Å². The fraction of sp³-hybridized carbons (Fsp3) is 0.200. The van der Waals surface area contributed by atoms with E-state index in [2.05, 4.69) is 4.99 Å². The standard InChI is InChI=1S/C25H21ClN2O5S/c1-4-33-24(31)20-14(2)27-25-28(21(20)16-7-9-17(10-8-16)23(30)32-3)22(29)19(34-25)13-15-5-11-18(26)12-6-15/h5-13,21H,4H2,1-3H3. The zero-order valence-electron chi connectivity index (χ0n) is 18.7. The third kappa shape index (κ3) is 4.47. The Labute approximate surface area is 204 Å². The molecule has 0 amide bonds. The number of benzene rings is 2. The molecule has 174 valence electrons. The van der Waals surface area contributed by atoms with E-state index in [4.69, 9.17) is 21.1 Å². The molecule has 0 saturated heterocycles. The van der Waals surface area contributed by atoms with Crippen molar-refractivity contribution in [2.24, 2.45) is 4.99 Å². The molecular formula is C25H21ClN2O5S. The van der Waals surface area contributed by atoms with Crippen molar-refractivity contribution in [3.8, 4) is 0 Å². The van der Waals surface area contributed by atoms with E-state index >= 15 is 0 Å². The van der Waals surface area contributed by atoms with Gasteiger partial charge >= 0.3 is 11.9 Å². The van der Waals surface area contributed by atoms with Crippen molar-refractivity contribution in [3.05, 3.63) is 101 Å². The lowest BCUT2D eigenvalue weighted by molar-refractivity contribution is -0.139. The molecule has 3 aromatic rings. The molecule has 0 saturated carbocycles. The molecule has 34 heavy (non-hydrogen) atoms. The van der Waals surface area contributed by atoms with Crippen molar-refractivity contribution in [2.75, 3.05) is 13.7 Å². The summed E-state index contributed by atoms with van der Waals surface area (Å²) >= 11 is 7.21. The van der Waals surface area contributed by atoms with Crippen molar-refractivity contribution in [2.45, 2.75) is 19.9 Å². The second kappa shape index (κ2) is 9.79. The SMILES string of the molecule is CCOC(=O)C1=C(C)N=c2sc(=Cc3ccc(Cl)cc3)c(=O)n2C1c1ccc(C(=O)OC)cc1. The van der Waals surface area contributed by atoms with Crippen molar-refractivity contribution in [1.82, 2.24) is 4.57 Å². The van der Waals surface area contributed by atoms with E-state index in [1.54, 1.807) is 56.3 Å². The third-order valence-corrected chi connectivity index (χ3v) is 6.57. The molecule has 0 fully saturated rings. The smallest absolute Gasteiger partial charge is 0.338 e. The number of hydrogen-bond acceptors (Lipinski definition) is 7. The first-order valence-electron chi connectivity index (χ1n) is 10.5. The molecule has 0 radical (unpaired) electrons. The van der Waals surface area contributed by atoms with Gasteiger partial charge in [0.25, 0.3) is 5.56 Å². The number of halogens is 1. The molecule has 1 unspecified atom stereocenters. The summed E-state index contributed by atoms with van der Waals surface area (Å²) in [6, 6.07) is 13.0. The van der Waals surface area contributed by atoms with Crippen LogP contribution in [0.2, 0.25) is 5.02 Å². The maximum Gasteiger partial charge on any atom is 0.338 e. The largest absolute Gasteiger partial charge is 0.465 e. The van der Waals surface area contributed by atoms with E-state index in [9.17, 15) is 14.4 Å². The molecule has 2 heterocycles.